The number of rotatable bonds is 2. The van der Waals surface area contributed by atoms with Crippen LogP contribution in [-0.4, -0.2) is 11.7 Å². The van der Waals surface area contributed by atoms with Crippen molar-refractivity contribution in [2.75, 3.05) is 6.54 Å². The average Bonchev–Trinajstić information content (AvgIpc) is 2.12. The van der Waals surface area contributed by atoms with E-state index in [0.29, 0.717) is 0 Å². The van der Waals surface area contributed by atoms with E-state index in [-0.39, 0.29) is 29.5 Å². The molecule has 0 saturated heterocycles. The number of phenolic OH excluding ortho intramolecular Hbond substituents is 1. The molecule has 0 amide bonds. The Labute approximate surface area is 92.3 Å². The van der Waals surface area contributed by atoms with E-state index in [1.54, 1.807) is 0 Å². The van der Waals surface area contributed by atoms with Crippen LogP contribution in [0.3, 0.4) is 0 Å². The van der Waals surface area contributed by atoms with Gasteiger partial charge in [0.25, 0.3) is 0 Å². The molecule has 14 heavy (non-hydrogen) atoms. The summed E-state index contributed by atoms with van der Waals surface area (Å²) < 4.78 is 12.9. The van der Waals surface area contributed by atoms with Crippen LogP contribution in [-0.2, 0) is 0 Å². The highest BCUT2D eigenvalue weighted by Gasteiger charge is 2.16. The Kier molecular flexibility index (Phi) is 5.15. The van der Waals surface area contributed by atoms with Crippen LogP contribution in [0, 0.1) is 5.82 Å². The summed E-state index contributed by atoms with van der Waals surface area (Å²) in [4.78, 5) is 0. The summed E-state index contributed by atoms with van der Waals surface area (Å²) in [5.74, 6) is -1.27. The number of hydrogen-bond acceptors (Lipinski definition) is 3. The zero-order valence-electron chi connectivity index (χ0n) is 7.21. The second-order valence-corrected chi connectivity index (χ2v) is 3.04. The molecule has 0 bridgehead atoms. The zero-order valence-corrected chi connectivity index (χ0v) is 8.78. The number of hydrogen-bond donors (Lipinski definition) is 3. The van der Waals surface area contributed by atoms with Crippen LogP contribution < -0.4 is 11.5 Å². The molecule has 0 aliphatic heterocycles. The molecule has 1 aromatic carbocycles. The minimum Gasteiger partial charge on any atom is -0.505 e. The normalized spacial score (nSPS) is 12.0. The van der Waals surface area contributed by atoms with Crippen molar-refractivity contribution in [2.24, 2.45) is 11.5 Å². The highest BCUT2D eigenvalue weighted by molar-refractivity contribution is 6.31. The standard InChI is InChI=1S/C8H10ClFN2O.ClH/c9-4-1-2-5(10)8(13)7(4)6(12)3-11;/h1-2,6,13H,3,11-12H2;1H/t6-;/m1./s1. The van der Waals surface area contributed by atoms with Crippen molar-refractivity contribution in [3.63, 3.8) is 0 Å². The third-order valence-corrected chi connectivity index (χ3v) is 2.07. The predicted molar refractivity (Wildman–Crippen MR) is 56.3 cm³/mol. The highest BCUT2D eigenvalue weighted by Crippen LogP contribution is 2.32. The highest BCUT2D eigenvalue weighted by atomic mass is 35.5. The molecule has 0 saturated carbocycles. The number of halogens is 3. The molecule has 0 unspecified atom stereocenters. The van der Waals surface area contributed by atoms with Gasteiger partial charge in [0.1, 0.15) is 0 Å². The van der Waals surface area contributed by atoms with Crippen LogP contribution in [0.15, 0.2) is 12.1 Å². The fourth-order valence-electron chi connectivity index (χ4n) is 1.03. The van der Waals surface area contributed by atoms with Gasteiger partial charge in [0, 0.05) is 23.2 Å². The van der Waals surface area contributed by atoms with Crippen LogP contribution in [0.4, 0.5) is 4.39 Å². The summed E-state index contributed by atoms with van der Waals surface area (Å²) in [6.45, 7) is 0.0940. The zero-order chi connectivity index (χ0) is 10.0. The van der Waals surface area contributed by atoms with E-state index in [1.165, 1.54) is 6.07 Å². The fraction of sp³-hybridized carbons (Fsp3) is 0.250. The van der Waals surface area contributed by atoms with Gasteiger partial charge >= 0.3 is 0 Å². The van der Waals surface area contributed by atoms with Gasteiger partial charge in [-0.15, -0.1) is 12.4 Å². The molecule has 0 fully saturated rings. The van der Waals surface area contributed by atoms with Crippen LogP contribution in [0.1, 0.15) is 11.6 Å². The van der Waals surface area contributed by atoms with Gasteiger partial charge in [0.05, 0.1) is 0 Å². The van der Waals surface area contributed by atoms with E-state index in [4.69, 9.17) is 23.1 Å². The quantitative estimate of drug-likeness (QED) is 0.735. The summed E-state index contributed by atoms with van der Waals surface area (Å²) in [6.07, 6.45) is 0. The molecular weight excluding hydrogens is 230 g/mol. The Morgan fingerprint density at radius 1 is 1.50 bits per heavy atom. The molecule has 0 aliphatic carbocycles. The maximum absolute atomic E-state index is 12.9. The summed E-state index contributed by atoms with van der Waals surface area (Å²) in [5, 5.41) is 9.50. The minimum absolute atomic E-state index is 0. The van der Waals surface area contributed by atoms with E-state index >= 15 is 0 Å². The van der Waals surface area contributed by atoms with E-state index in [1.807, 2.05) is 0 Å². The van der Waals surface area contributed by atoms with Gasteiger partial charge in [-0.1, -0.05) is 11.6 Å². The first-order chi connectivity index (χ1) is 6.07. The summed E-state index contributed by atoms with van der Waals surface area (Å²) in [6, 6.07) is 1.76. The second-order valence-electron chi connectivity index (χ2n) is 2.63. The third kappa shape index (κ3) is 2.48. The van der Waals surface area contributed by atoms with Crippen molar-refractivity contribution in [1.29, 1.82) is 0 Å². The molecule has 3 nitrogen and oxygen atoms in total. The van der Waals surface area contributed by atoms with Crippen molar-refractivity contribution in [3.05, 3.63) is 28.5 Å². The molecule has 1 aromatic rings. The molecule has 80 valence electrons. The van der Waals surface area contributed by atoms with E-state index in [0.717, 1.165) is 6.07 Å². The molecule has 1 rings (SSSR count). The lowest BCUT2D eigenvalue weighted by atomic mass is 10.1. The Morgan fingerprint density at radius 2 is 2.07 bits per heavy atom. The van der Waals surface area contributed by atoms with Gasteiger partial charge in [0.2, 0.25) is 0 Å². The van der Waals surface area contributed by atoms with Gasteiger partial charge in [-0.25, -0.2) is 4.39 Å². The third-order valence-electron chi connectivity index (χ3n) is 1.74. The lowest BCUT2D eigenvalue weighted by molar-refractivity contribution is 0.421. The molecule has 5 N–H and O–H groups in total. The van der Waals surface area contributed by atoms with Crippen LogP contribution in [0.25, 0.3) is 0 Å². The van der Waals surface area contributed by atoms with Crippen molar-refractivity contribution in [1.82, 2.24) is 0 Å². The van der Waals surface area contributed by atoms with E-state index in [9.17, 15) is 9.50 Å². The van der Waals surface area contributed by atoms with Gasteiger partial charge in [-0.2, -0.15) is 0 Å². The molecule has 6 heteroatoms. The molecule has 0 aromatic heterocycles. The lowest BCUT2D eigenvalue weighted by Crippen LogP contribution is -2.21. The molecule has 0 aliphatic rings. The molecule has 0 radical (unpaired) electrons. The van der Waals surface area contributed by atoms with Gasteiger partial charge in [-0.3, -0.25) is 0 Å². The van der Waals surface area contributed by atoms with Gasteiger partial charge in [0.15, 0.2) is 11.6 Å². The lowest BCUT2D eigenvalue weighted by Gasteiger charge is -2.13. The molecule has 0 heterocycles. The Bertz CT molecular complexity index is 322. The summed E-state index contributed by atoms with van der Waals surface area (Å²) >= 11 is 5.71. The number of nitrogens with two attached hydrogens (primary N) is 2. The molecule has 0 spiro atoms. The first-order valence-electron chi connectivity index (χ1n) is 3.70. The van der Waals surface area contributed by atoms with Crippen molar-refractivity contribution in [3.8, 4) is 5.75 Å². The number of benzene rings is 1. The van der Waals surface area contributed by atoms with Crippen molar-refractivity contribution < 1.29 is 9.50 Å². The maximum atomic E-state index is 12.9. The minimum atomic E-state index is -0.747. The summed E-state index contributed by atoms with van der Waals surface area (Å²) in [5.41, 5.74) is 11.0. The maximum Gasteiger partial charge on any atom is 0.165 e. The monoisotopic (exact) mass is 240 g/mol. The topological polar surface area (TPSA) is 72.3 Å². The van der Waals surface area contributed by atoms with Crippen molar-refractivity contribution in [2.45, 2.75) is 6.04 Å². The van der Waals surface area contributed by atoms with Gasteiger partial charge in [-0.05, 0) is 12.1 Å². The summed E-state index contributed by atoms with van der Waals surface area (Å²) in [7, 11) is 0. The fourth-order valence-corrected chi connectivity index (χ4v) is 1.32. The van der Waals surface area contributed by atoms with E-state index in [2.05, 4.69) is 0 Å². The van der Waals surface area contributed by atoms with E-state index < -0.39 is 17.6 Å². The van der Waals surface area contributed by atoms with Crippen LogP contribution in [0.5, 0.6) is 5.75 Å². The van der Waals surface area contributed by atoms with Gasteiger partial charge < -0.3 is 16.6 Å². The average molecular weight is 241 g/mol. The largest absolute Gasteiger partial charge is 0.505 e. The Hall–Kier alpha value is -0.550. The predicted octanol–water partition coefficient (Wildman–Crippen LogP) is 1.56. The number of phenols is 1. The first-order valence-corrected chi connectivity index (χ1v) is 4.08. The first kappa shape index (κ1) is 13.4. The number of aromatic hydroxyl groups is 1. The molecular formula is C8H11Cl2FN2O. The van der Waals surface area contributed by atoms with Crippen LogP contribution >= 0.6 is 24.0 Å². The molecule has 1 atom stereocenters. The van der Waals surface area contributed by atoms with Crippen LogP contribution in [0.2, 0.25) is 5.02 Å². The Balaban J connectivity index is 0.00000169. The SMILES string of the molecule is Cl.NC[C@@H](N)c1c(Cl)ccc(F)c1O. The smallest absolute Gasteiger partial charge is 0.165 e. The van der Waals surface area contributed by atoms with Crippen molar-refractivity contribution >= 4 is 24.0 Å². The Morgan fingerprint density at radius 3 is 2.57 bits per heavy atom. The second kappa shape index (κ2) is 5.36.